The molecule has 5 nitrogen and oxygen atoms in total. The average Bonchev–Trinajstić information content (AvgIpc) is 2.56. The van der Waals surface area contributed by atoms with Crippen LogP contribution < -0.4 is 0 Å². The molecule has 16 heavy (non-hydrogen) atoms. The third-order valence-corrected chi connectivity index (χ3v) is 3.12. The molecule has 0 aliphatic carbocycles. The number of aliphatic hydroxyl groups is 1. The van der Waals surface area contributed by atoms with E-state index in [-0.39, 0.29) is 12.6 Å². The Hall–Kier alpha value is -0.940. The molecule has 0 bridgehead atoms. The summed E-state index contributed by atoms with van der Waals surface area (Å²) < 4.78 is 5.12. The van der Waals surface area contributed by atoms with Gasteiger partial charge in [-0.05, 0) is 26.3 Å². The zero-order valence-electron chi connectivity index (χ0n) is 9.72. The van der Waals surface area contributed by atoms with Crippen LogP contribution in [0.3, 0.4) is 0 Å². The molecule has 1 fully saturated rings. The highest BCUT2D eigenvalue weighted by molar-refractivity contribution is 4.85. The molecule has 1 unspecified atom stereocenters. The first-order valence-corrected chi connectivity index (χ1v) is 5.93. The van der Waals surface area contributed by atoms with E-state index in [0.29, 0.717) is 18.3 Å². The van der Waals surface area contributed by atoms with Crippen LogP contribution in [0.4, 0.5) is 0 Å². The second kappa shape index (κ2) is 5.41. The third-order valence-electron chi connectivity index (χ3n) is 3.12. The lowest BCUT2D eigenvalue weighted by Gasteiger charge is -2.26. The molecular weight excluding hydrogens is 206 g/mol. The third kappa shape index (κ3) is 2.80. The smallest absolute Gasteiger partial charge is 0.240 e. The van der Waals surface area contributed by atoms with Crippen LogP contribution in [0.2, 0.25) is 0 Å². The van der Waals surface area contributed by atoms with Crippen molar-refractivity contribution in [1.82, 2.24) is 15.0 Å². The number of hydrogen-bond donors (Lipinski definition) is 1. The van der Waals surface area contributed by atoms with E-state index >= 15 is 0 Å². The minimum absolute atomic E-state index is 0.215. The average molecular weight is 225 g/mol. The lowest BCUT2D eigenvalue weighted by Crippen LogP contribution is -2.37. The molecule has 0 amide bonds. The van der Waals surface area contributed by atoms with E-state index in [1.807, 2.05) is 6.92 Å². The number of hydrogen-bond acceptors (Lipinski definition) is 5. The fraction of sp³-hybridized carbons (Fsp3) is 0.818. The van der Waals surface area contributed by atoms with Crippen molar-refractivity contribution >= 4 is 0 Å². The van der Waals surface area contributed by atoms with Gasteiger partial charge in [-0.1, -0.05) is 18.0 Å². The second-order valence-corrected chi connectivity index (χ2v) is 4.39. The van der Waals surface area contributed by atoms with Crippen molar-refractivity contribution in [3.8, 4) is 0 Å². The van der Waals surface area contributed by atoms with Crippen LogP contribution in [-0.4, -0.2) is 39.3 Å². The van der Waals surface area contributed by atoms with Crippen molar-refractivity contribution in [3.63, 3.8) is 0 Å². The van der Waals surface area contributed by atoms with Crippen LogP contribution in [0.5, 0.6) is 0 Å². The van der Waals surface area contributed by atoms with E-state index in [1.165, 1.54) is 19.3 Å². The van der Waals surface area contributed by atoms with Gasteiger partial charge in [-0.3, -0.25) is 4.90 Å². The Morgan fingerprint density at radius 1 is 1.44 bits per heavy atom. The van der Waals surface area contributed by atoms with Crippen LogP contribution in [0.25, 0.3) is 0 Å². The molecule has 1 aliphatic heterocycles. The summed E-state index contributed by atoms with van der Waals surface area (Å²) >= 11 is 0. The topological polar surface area (TPSA) is 62.4 Å². The Bertz CT molecular complexity index is 327. The van der Waals surface area contributed by atoms with Gasteiger partial charge in [0.1, 0.15) is 0 Å². The van der Waals surface area contributed by atoms with Crippen LogP contribution in [-0.2, 0) is 6.54 Å². The maximum absolute atomic E-state index is 9.36. The molecule has 1 aliphatic rings. The van der Waals surface area contributed by atoms with Gasteiger partial charge in [-0.25, -0.2) is 0 Å². The number of rotatable bonds is 3. The highest BCUT2D eigenvalue weighted by Crippen LogP contribution is 2.18. The summed E-state index contributed by atoms with van der Waals surface area (Å²) in [4.78, 5) is 6.45. The number of nitrogens with zero attached hydrogens (tertiary/aromatic N) is 3. The summed E-state index contributed by atoms with van der Waals surface area (Å²) in [7, 11) is 0. The molecule has 2 rings (SSSR count). The lowest BCUT2D eigenvalue weighted by molar-refractivity contribution is 0.107. The van der Waals surface area contributed by atoms with E-state index in [2.05, 4.69) is 15.0 Å². The molecule has 0 radical (unpaired) electrons. The number of aromatic nitrogens is 2. The van der Waals surface area contributed by atoms with Crippen LogP contribution in [0.1, 0.15) is 37.4 Å². The van der Waals surface area contributed by atoms with E-state index in [4.69, 9.17) is 4.52 Å². The largest absolute Gasteiger partial charge is 0.395 e. The summed E-state index contributed by atoms with van der Waals surface area (Å²) in [6.07, 6.45) is 4.69. The van der Waals surface area contributed by atoms with Gasteiger partial charge in [0.2, 0.25) is 5.89 Å². The normalized spacial score (nSPS) is 23.2. The van der Waals surface area contributed by atoms with Crippen molar-refractivity contribution in [2.45, 2.75) is 45.2 Å². The van der Waals surface area contributed by atoms with Crippen LogP contribution in [0, 0.1) is 6.92 Å². The van der Waals surface area contributed by atoms with Crippen molar-refractivity contribution < 1.29 is 9.63 Å². The van der Waals surface area contributed by atoms with Crippen molar-refractivity contribution in [2.75, 3.05) is 13.2 Å². The van der Waals surface area contributed by atoms with E-state index < -0.39 is 0 Å². The monoisotopic (exact) mass is 225 g/mol. The zero-order chi connectivity index (χ0) is 11.4. The Morgan fingerprint density at radius 3 is 3.00 bits per heavy atom. The first-order chi connectivity index (χ1) is 7.79. The van der Waals surface area contributed by atoms with Crippen molar-refractivity contribution in [1.29, 1.82) is 0 Å². The summed E-state index contributed by atoms with van der Waals surface area (Å²) in [6.45, 7) is 3.70. The molecule has 1 aromatic rings. The van der Waals surface area contributed by atoms with E-state index in [9.17, 15) is 5.11 Å². The zero-order valence-corrected chi connectivity index (χ0v) is 9.72. The van der Waals surface area contributed by atoms with E-state index in [0.717, 1.165) is 13.0 Å². The quantitative estimate of drug-likeness (QED) is 0.835. The maximum Gasteiger partial charge on any atom is 0.240 e. The Kier molecular flexibility index (Phi) is 3.90. The molecule has 0 spiro atoms. The predicted octanol–water partition coefficient (Wildman–Crippen LogP) is 1.11. The van der Waals surface area contributed by atoms with Crippen molar-refractivity contribution in [2.24, 2.45) is 0 Å². The minimum atomic E-state index is 0.215. The standard InChI is InChI=1S/C11H19N3O2/c1-9-12-11(16-13-9)7-14-6-4-2-3-5-10(14)8-15/h10,15H,2-8H2,1H3. The maximum atomic E-state index is 9.36. The summed E-state index contributed by atoms with van der Waals surface area (Å²) in [5.41, 5.74) is 0. The molecule has 0 saturated carbocycles. The van der Waals surface area contributed by atoms with Gasteiger partial charge in [0.15, 0.2) is 5.82 Å². The molecule has 1 aromatic heterocycles. The molecular formula is C11H19N3O2. The molecule has 2 heterocycles. The second-order valence-electron chi connectivity index (χ2n) is 4.39. The van der Waals surface area contributed by atoms with Gasteiger partial charge in [-0.2, -0.15) is 4.98 Å². The fourth-order valence-corrected chi connectivity index (χ4v) is 2.23. The molecule has 1 N–H and O–H groups in total. The number of aliphatic hydroxyl groups excluding tert-OH is 1. The number of aryl methyl sites for hydroxylation is 1. The minimum Gasteiger partial charge on any atom is -0.395 e. The van der Waals surface area contributed by atoms with Crippen molar-refractivity contribution in [3.05, 3.63) is 11.7 Å². The highest BCUT2D eigenvalue weighted by atomic mass is 16.5. The molecule has 1 saturated heterocycles. The highest BCUT2D eigenvalue weighted by Gasteiger charge is 2.22. The van der Waals surface area contributed by atoms with Gasteiger partial charge >= 0.3 is 0 Å². The van der Waals surface area contributed by atoms with E-state index in [1.54, 1.807) is 0 Å². The molecule has 90 valence electrons. The lowest BCUT2D eigenvalue weighted by atomic mass is 10.1. The first kappa shape index (κ1) is 11.5. The Morgan fingerprint density at radius 2 is 2.31 bits per heavy atom. The first-order valence-electron chi connectivity index (χ1n) is 5.93. The SMILES string of the molecule is Cc1noc(CN2CCCCCC2CO)n1. The van der Waals surface area contributed by atoms with Gasteiger partial charge in [-0.15, -0.1) is 0 Å². The Balaban J connectivity index is 1.99. The summed E-state index contributed by atoms with van der Waals surface area (Å²) in [6, 6.07) is 0.245. The molecule has 1 atom stereocenters. The Labute approximate surface area is 95.4 Å². The predicted molar refractivity (Wildman–Crippen MR) is 58.8 cm³/mol. The summed E-state index contributed by atoms with van der Waals surface area (Å²) in [5, 5.41) is 13.1. The number of likely N-dealkylation sites (tertiary alicyclic amines) is 1. The molecule has 5 heteroatoms. The van der Waals surface area contributed by atoms with Gasteiger partial charge in [0.05, 0.1) is 13.2 Å². The fourth-order valence-electron chi connectivity index (χ4n) is 2.23. The summed E-state index contributed by atoms with van der Waals surface area (Å²) in [5.74, 6) is 1.32. The molecule has 0 aromatic carbocycles. The van der Waals surface area contributed by atoms with Crippen LogP contribution >= 0.6 is 0 Å². The van der Waals surface area contributed by atoms with Gasteiger partial charge in [0.25, 0.3) is 0 Å². The van der Waals surface area contributed by atoms with Crippen LogP contribution in [0.15, 0.2) is 4.52 Å². The van der Waals surface area contributed by atoms with Gasteiger partial charge in [0, 0.05) is 6.04 Å². The van der Waals surface area contributed by atoms with Gasteiger partial charge < -0.3 is 9.63 Å².